The van der Waals surface area contributed by atoms with Gasteiger partial charge in [0.15, 0.2) is 0 Å². The summed E-state index contributed by atoms with van der Waals surface area (Å²) in [4.78, 5) is 19.6. The van der Waals surface area contributed by atoms with Crippen LogP contribution in [0.5, 0.6) is 0 Å². The van der Waals surface area contributed by atoms with Crippen molar-refractivity contribution in [3.05, 3.63) is 94.2 Å². The molecule has 2 aromatic carbocycles. The van der Waals surface area contributed by atoms with Crippen molar-refractivity contribution in [1.82, 2.24) is 20.0 Å². The molecule has 0 aliphatic carbocycles. The fourth-order valence-corrected chi connectivity index (χ4v) is 4.61. The van der Waals surface area contributed by atoms with Crippen molar-refractivity contribution in [3.63, 3.8) is 0 Å². The molecule has 0 aromatic heterocycles. The molecule has 2 heterocycles. The van der Waals surface area contributed by atoms with Crippen molar-refractivity contribution in [2.45, 2.75) is 52.2 Å². The lowest BCUT2D eigenvalue weighted by Gasteiger charge is -2.37. The number of rotatable bonds is 7. The second-order valence-corrected chi connectivity index (χ2v) is 9.58. The van der Waals surface area contributed by atoms with Crippen LogP contribution in [0.3, 0.4) is 0 Å². The molecule has 0 spiro atoms. The molecule has 33 heavy (non-hydrogen) atoms. The van der Waals surface area contributed by atoms with Crippen molar-refractivity contribution in [2.75, 3.05) is 13.6 Å². The average molecular weight is 465 g/mol. The van der Waals surface area contributed by atoms with Crippen LogP contribution in [0, 0.1) is 0 Å². The maximum Gasteiger partial charge on any atom is 0.279 e. The van der Waals surface area contributed by atoms with Crippen molar-refractivity contribution in [3.8, 4) is 0 Å². The minimum absolute atomic E-state index is 0.00840. The van der Waals surface area contributed by atoms with Crippen molar-refractivity contribution < 1.29 is 4.79 Å². The summed E-state index contributed by atoms with van der Waals surface area (Å²) >= 11 is 6.11. The standard InChI is InChI=1S/C27H33ClN4O/c1-6-15-31-19(4)30(5)26-25(27(31)33)32(17-21-9-13-23(28)14-10-21)24(29-26)16-20-7-11-22(12-8-20)18(2)3/h7-14,18,24,29H,4,6,15-17H2,1-3,5H3. The summed E-state index contributed by atoms with van der Waals surface area (Å²) < 4.78 is 0. The zero-order valence-corrected chi connectivity index (χ0v) is 20.7. The van der Waals surface area contributed by atoms with E-state index in [0.29, 0.717) is 35.5 Å². The molecular formula is C27H33ClN4O. The molecule has 6 heteroatoms. The first-order valence-electron chi connectivity index (χ1n) is 11.6. The second-order valence-electron chi connectivity index (χ2n) is 9.14. The summed E-state index contributed by atoms with van der Waals surface area (Å²) in [5.41, 5.74) is 4.38. The Labute approximate surface area is 202 Å². The Balaban J connectivity index is 1.67. The average Bonchev–Trinajstić information content (AvgIpc) is 3.15. The normalized spacial score (nSPS) is 18.4. The molecule has 2 aliphatic heterocycles. The van der Waals surface area contributed by atoms with Crippen molar-refractivity contribution in [1.29, 1.82) is 0 Å². The van der Waals surface area contributed by atoms with Gasteiger partial charge in [0.25, 0.3) is 5.91 Å². The molecule has 5 nitrogen and oxygen atoms in total. The van der Waals surface area contributed by atoms with Gasteiger partial charge in [-0.3, -0.25) is 9.69 Å². The number of amides is 1. The summed E-state index contributed by atoms with van der Waals surface area (Å²) in [7, 11) is 1.97. The van der Waals surface area contributed by atoms with E-state index < -0.39 is 0 Å². The zero-order valence-electron chi connectivity index (χ0n) is 19.9. The molecule has 1 amide bonds. The molecule has 4 rings (SSSR count). The minimum atomic E-state index is -0.0450. The maximum absolute atomic E-state index is 13.6. The van der Waals surface area contributed by atoms with Gasteiger partial charge in [-0.05, 0) is 41.2 Å². The van der Waals surface area contributed by atoms with Gasteiger partial charge >= 0.3 is 0 Å². The summed E-state index contributed by atoms with van der Waals surface area (Å²) in [6.45, 7) is 11.9. The lowest BCUT2D eigenvalue weighted by Crippen LogP contribution is -2.46. The third-order valence-electron chi connectivity index (χ3n) is 6.46. The van der Waals surface area contributed by atoms with E-state index in [4.69, 9.17) is 11.6 Å². The SMILES string of the molecule is C=C1N(C)C2=C(C(=O)N1CCC)N(Cc1ccc(Cl)cc1)C(Cc1ccc(C(C)C)cc1)N2. The molecule has 174 valence electrons. The Hall–Kier alpha value is -2.92. The van der Waals surface area contributed by atoms with E-state index in [9.17, 15) is 4.79 Å². The predicted molar refractivity (Wildman–Crippen MR) is 134 cm³/mol. The van der Waals surface area contributed by atoms with Gasteiger partial charge < -0.3 is 15.1 Å². The van der Waals surface area contributed by atoms with Crippen LogP contribution in [-0.2, 0) is 17.8 Å². The van der Waals surface area contributed by atoms with Crippen LogP contribution >= 0.6 is 11.6 Å². The highest BCUT2D eigenvalue weighted by molar-refractivity contribution is 6.30. The largest absolute Gasteiger partial charge is 0.349 e. The number of carbonyl (C=O) groups excluding carboxylic acids is 1. The van der Waals surface area contributed by atoms with Crippen molar-refractivity contribution >= 4 is 17.5 Å². The first-order valence-corrected chi connectivity index (χ1v) is 12.0. The lowest BCUT2D eigenvalue weighted by atomic mass is 10.00. The molecule has 1 atom stereocenters. The molecule has 1 unspecified atom stereocenters. The van der Waals surface area contributed by atoms with E-state index in [0.717, 1.165) is 24.2 Å². The van der Waals surface area contributed by atoms with E-state index in [1.165, 1.54) is 11.1 Å². The highest BCUT2D eigenvalue weighted by Gasteiger charge is 2.43. The van der Waals surface area contributed by atoms with Crippen LogP contribution in [0.2, 0.25) is 5.02 Å². The van der Waals surface area contributed by atoms with Crippen molar-refractivity contribution in [2.24, 2.45) is 0 Å². The lowest BCUT2D eigenvalue weighted by molar-refractivity contribution is -0.129. The monoisotopic (exact) mass is 464 g/mol. The number of carbonyl (C=O) groups is 1. The van der Waals surface area contributed by atoms with Gasteiger partial charge in [0.2, 0.25) is 0 Å². The van der Waals surface area contributed by atoms with Crippen LogP contribution in [0.25, 0.3) is 0 Å². The number of hydrogen-bond acceptors (Lipinski definition) is 4. The number of hydrogen-bond donors (Lipinski definition) is 1. The summed E-state index contributed by atoms with van der Waals surface area (Å²) in [6.07, 6.45) is 1.61. The smallest absolute Gasteiger partial charge is 0.279 e. The number of nitrogens with zero attached hydrogens (tertiary/aromatic N) is 3. The zero-order chi connectivity index (χ0) is 23.7. The highest BCUT2D eigenvalue weighted by Crippen LogP contribution is 2.34. The molecule has 2 aromatic rings. The topological polar surface area (TPSA) is 38.8 Å². The third kappa shape index (κ3) is 4.60. The summed E-state index contributed by atoms with van der Waals surface area (Å²) in [6, 6.07) is 16.6. The van der Waals surface area contributed by atoms with E-state index in [1.807, 2.05) is 36.2 Å². The molecule has 0 bridgehead atoms. The fourth-order valence-electron chi connectivity index (χ4n) is 4.48. The van der Waals surface area contributed by atoms with E-state index >= 15 is 0 Å². The summed E-state index contributed by atoms with van der Waals surface area (Å²) in [5.74, 6) is 2.05. The number of nitrogens with one attached hydrogen (secondary N) is 1. The Morgan fingerprint density at radius 1 is 1.06 bits per heavy atom. The maximum atomic E-state index is 13.6. The van der Waals surface area contributed by atoms with Gasteiger partial charge in [-0.1, -0.05) is 75.3 Å². The summed E-state index contributed by atoms with van der Waals surface area (Å²) in [5, 5.41) is 4.34. The van der Waals surface area contributed by atoms with Gasteiger partial charge in [0, 0.05) is 31.6 Å². The first kappa shape index (κ1) is 23.2. The highest BCUT2D eigenvalue weighted by atomic mass is 35.5. The van der Waals surface area contributed by atoms with Crippen LogP contribution in [0.1, 0.15) is 49.8 Å². The molecule has 0 saturated heterocycles. The molecular weight excluding hydrogens is 432 g/mol. The number of benzene rings is 2. The van der Waals surface area contributed by atoms with E-state index in [2.05, 4.69) is 61.8 Å². The molecule has 2 aliphatic rings. The van der Waals surface area contributed by atoms with Crippen LogP contribution < -0.4 is 5.32 Å². The fraction of sp³-hybridized carbons (Fsp3) is 0.370. The Bertz CT molecular complexity index is 1060. The minimum Gasteiger partial charge on any atom is -0.349 e. The van der Waals surface area contributed by atoms with Gasteiger partial charge in [-0.15, -0.1) is 0 Å². The number of halogens is 1. The van der Waals surface area contributed by atoms with Gasteiger partial charge in [-0.2, -0.15) is 0 Å². The van der Waals surface area contributed by atoms with Crippen LogP contribution in [0.4, 0.5) is 0 Å². The van der Waals surface area contributed by atoms with Gasteiger partial charge in [0.05, 0.1) is 0 Å². The quantitative estimate of drug-likeness (QED) is 0.606. The molecule has 0 saturated carbocycles. The molecule has 1 N–H and O–H groups in total. The van der Waals surface area contributed by atoms with Crippen LogP contribution in [-0.4, -0.2) is 40.4 Å². The van der Waals surface area contributed by atoms with Crippen LogP contribution in [0.15, 0.2) is 72.4 Å². The predicted octanol–water partition coefficient (Wildman–Crippen LogP) is 5.26. The Morgan fingerprint density at radius 3 is 2.30 bits per heavy atom. The second kappa shape index (κ2) is 9.52. The molecule has 0 radical (unpaired) electrons. The molecule has 0 fully saturated rings. The van der Waals surface area contributed by atoms with Gasteiger partial charge in [-0.25, -0.2) is 0 Å². The third-order valence-corrected chi connectivity index (χ3v) is 6.71. The van der Waals surface area contributed by atoms with E-state index in [1.54, 1.807) is 4.90 Å². The van der Waals surface area contributed by atoms with E-state index in [-0.39, 0.29) is 12.1 Å². The first-order chi connectivity index (χ1) is 15.8. The van der Waals surface area contributed by atoms with Gasteiger partial charge in [0.1, 0.15) is 23.5 Å². The Morgan fingerprint density at radius 2 is 1.70 bits per heavy atom. The Kier molecular flexibility index (Phi) is 6.71.